The average Bonchev–Trinajstić information content (AvgIpc) is 2.91. The fourth-order valence-corrected chi connectivity index (χ4v) is 4.07. The van der Waals surface area contributed by atoms with E-state index in [1.807, 2.05) is 23.1 Å². The molecule has 4 nitrogen and oxygen atoms in total. The number of halogens is 1. The van der Waals surface area contributed by atoms with Crippen LogP contribution in [0, 0.1) is 0 Å². The third kappa shape index (κ3) is 1.61. The predicted octanol–water partition coefficient (Wildman–Crippen LogP) is 2.87. The first-order chi connectivity index (χ1) is 9.99. The van der Waals surface area contributed by atoms with Crippen molar-refractivity contribution < 1.29 is 4.79 Å². The number of aromatic amines is 1. The number of nitrogens with one attached hydrogen (secondary N) is 1. The first-order valence-corrected chi connectivity index (χ1v) is 7.67. The van der Waals surface area contributed by atoms with Gasteiger partial charge in [0.05, 0.1) is 6.04 Å². The molecule has 2 aliphatic rings. The molecule has 2 aromatic rings. The number of hydrogen-bond donors (Lipinski definition) is 1. The highest BCUT2D eigenvalue weighted by atomic mass is 35.5. The second-order valence-electron chi connectivity index (χ2n) is 5.69. The predicted molar refractivity (Wildman–Crippen MR) is 86.4 cm³/mol. The van der Waals surface area contributed by atoms with Crippen molar-refractivity contribution in [1.29, 1.82) is 0 Å². The fourth-order valence-electron chi connectivity index (χ4n) is 3.52. The van der Waals surface area contributed by atoms with Crippen LogP contribution in [0.1, 0.15) is 24.2 Å². The summed E-state index contributed by atoms with van der Waals surface area (Å²) in [6.07, 6.45) is 0.685. The van der Waals surface area contributed by atoms with Gasteiger partial charge in [0.1, 0.15) is 6.04 Å². The molecule has 0 spiro atoms. The minimum atomic E-state index is -0.181. The van der Waals surface area contributed by atoms with Gasteiger partial charge in [0.25, 0.3) is 5.91 Å². The number of carbonyl (C=O) groups is 1. The van der Waals surface area contributed by atoms with Crippen LogP contribution in [-0.4, -0.2) is 38.9 Å². The van der Waals surface area contributed by atoms with Gasteiger partial charge in [-0.25, -0.2) is 0 Å². The quantitative estimate of drug-likeness (QED) is 0.759. The standard InChI is InChI=1S/C15H14ClN3OS/c1-7-13-10(9-4-3-8(16)5-11(9)17-13)6-12-14(20)18(2)15(21)19(7)12/h3-5,7,12,17H,6H2,1-2H3/t7-,12+/m0/s1. The van der Waals surface area contributed by atoms with E-state index in [0.717, 1.165) is 16.6 Å². The molecule has 1 saturated heterocycles. The van der Waals surface area contributed by atoms with Crippen LogP contribution in [0.2, 0.25) is 5.02 Å². The van der Waals surface area contributed by atoms with Crippen molar-refractivity contribution in [1.82, 2.24) is 14.8 Å². The topological polar surface area (TPSA) is 39.3 Å². The molecule has 1 aromatic heterocycles. The van der Waals surface area contributed by atoms with E-state index in [1.54, 1.807) is 11.9 Å². The third-order valence-corrected chi connectivity index (χ3v) is 5.31. The van der Waals surface area contributed by atoms with Gasteiger partial charge in [-0.2, -0.15) is 0 Å². The van der Waals surface area contributed by atoms with E-state index in [-0.39, 0.29) is 18.0 Å². The third-order valence-electron chi connectivity index (χ3n) is 4.59. The Balaban J connectivity index is 1.91. The number of amides is 1. The van der Waals surface area contributed by atoms with Crippen LogP contribution in [0.4, 0.5) is 0 Å². The van der Waals surface area contributed by atoms with Gasteiger partial charge in [0.2, 0.25) is 0 Å². The molecule has 0 bridgehead atoms. The lowest BCUT2D eigenvalue weighted by molar-refractivity contribution is -0.127. The number of hydrogen-bond acceptors (Lipinski definition) is 2. The highest BCUT2D eigenvalue weighted by Crippen LogP contribution is 2.40. The van der Waals surface area contributed by atoms with E-state index in [9.17, 15) is 4.79 Å². The zero-order chi connectivity index (χ0) is 14.9. The Hall–Kier alpha value is -1.59. The minimum absolute atomic E-state index is 0.0614. The van der Waals surface area contributed by atoms with Gasteiger partial charge in [-0.15, -0.1) is 0 Å². The van der Waals surface area contributed by atoms with E-state index >= 15 is 0 Å². The van der Waals surface area contributed by atoms with Crippen molar-refractivity contribution in [2.24, 2.45) is 0 Å². The van der Waals surface area contributed by atoms with Gasteiger partial charge < -0.3 is 9.88 Å². The molecule has 3 heterocycles. The Bertz CT molecular complexity index is 800. The molecular formula is C15H14ClN3OS. The Labute approximate surface area is 132 Å². The number of H-pyrrole nitrogens is 1. The molecule has 1 N–H and O–H groups in total. The smallest absolute Gasteiger partial charge is 0.251 e. The summed E-state index contributed by atoms with van der Waals surface area (Å²) in [7, 11) is 1.75. The van der Waals surface area contributed by atoms with Gasteiger partial charge >= 0.3 is 0 Å². The van der Waals surface area contributed by atoms with Crippen molar-refractivity contribution in [3.63, 3.8) is 0 Å². The van der Waals surface area contributed by atoms with Crippen LogP contribution >= 0.6 is 23.8 Å². The molecule has 0 aliphatic carbocycles. The summed E-state index contributed by atoms with van der Waals surface area (Å²) < 4.78 is 0. The van der Waals surface area contributed by atoms with E-state index in [2.05, 4.69) is 11.9 Å². The van der Waals surface area contributed by atoms with Crippen molar-refractivity contribution >= 4 is 45.7 Å². The van der Waals surface area contributed by atoms with Crippen LogP contribution in [-0.2, 0) is 11.2 Å². The van der Waals surface area contributed by atoms with Gasteiger partial charge in [-0.05, 0) is 36.8 Å². The SMILES string of the molecule is C[C@H]1c2[nH]c3cc(Cl)ccc3c2C[C@@H]2C(=O)N(C)C(=S)N21. The number of aromatic nitrogens is 1. The summed E-state index contributed by atoms with van der Waals surface area (Å²) in [4.78, 5) is 19.5. The summed E-state index contributed by atoms with van der Waals surface area (Å²) in [5, 5.41) is 2.47. The van der Waals surface area contributed by atoms with Gasteiger partial charge in [0.15, 0.2) is 5.11 Å². The van der Waals surface area contributed by atoms with Crippen molar-refractivity contribution in [3.8, 4) is 0 Å². The second-order valence-corrected chi connectivity index (χ2v) is 6.49. The summed E-state index contributed by atoms with van der Waals surface area (Å²) in [6.45, 7) is 2.08. The van der Waals surface area contributed by atoms with Crippen molar-refractivity contribution in [3.05, 3.63) is 34.5 Å². The fraction of sp³-hybridized carbons (Fsp3) is 0.333. The lowest BCUT2D eigenvalue weighted by atomic mass is 9.93. The number of fused-ring (bicyclic) bond motifs is 4. The van der Waals surface area contributed by atoms with Crippen LogP contribution in [0.25, 0.3) is 10.9 Å². The molecule has 21 heavy (non-hydrogen) atoms. The molecule has 0 radical (unpaired) electrons. The number of carbonyl (C=O) groups excluding carboxylic acids is 1. The monoisotopic (exact) mass is 319 g/mol. The maximum atomic E-state index is 12.4. The lowest BCUT2D eigenvalue weighted by Gasteiger charge is -2.34. The van der Waals surface area contributed by atoms with E-state index in [0.29, 0.717) is 16.6 Å². The largest absolute Gasteiger partial charge is 0.356 e. The Morgan fingerprint density at radius 3 is 2.95 bits per heavy atom. The van der Waals surface area contributed by atoms with Crippen LogP contribution in [0.15, 0.2) is 18.2 Å². The number of benzene rings is 1. The molecule has 1 fully saturated rings. The van der Waals surface area contributed by atoms with E-state index in [4.69, 9.17) is 23.8 Å². The number of thiocarbonyl (C=S) groups is 1. The molecule has 1 amide bonds. The molecule has 2 aliphatic heterocycles. The van der Waals surface area contributed by atoms with E-state index in [1.165, 1.54) is 5.56 Å². The molecular weight excluding hydrogens is 306 g/mol. The summed E-state index contributed by atoms with van der Waals surface area (Å²) in [5.74, 6) is 0.0841. The highest BCUT2D eigenvalue weighted by Gasteiger charge is 2.47. The Morgan fingerprint density at radius 2 is 2.19 bits per heavy atom. The molecule has 108 valence electrons. The maximum Gasteiger partial charge on any atom is 0.251 e. The first-order valence-electron chi connectivity index (χ1n) is 6.89. The van der Waals surface area contributed by atoms with Crippen molar-refractivity contribution in [2.45, 2.75) is 25.4 Å². The highest BCUT2D eigenvalue weighted by molar-refractivity contribution is 7.80. The van der Waals surface area contributed by atoms with Gasteiger partial charge in [-0.1, -0.05) is 17.7 Å². The van der Waals surface area contributed by atoms with Crippen LogP contribution in [0.5, 0.6) is 0 Å². The molecule has 1 aromatic carbocycles. The summed E-state index contributed by atoms with van der Waals surface area (Å²) in [6, 6.07) is 5.73. The van der Waals surface area contributed by atoms with Gasteiger partial charge in [-0.3, -0.25) is 9.69 Å². The molecule has 4 rings (SSSR count). The molecule has 0 unspecified atom stereocenters. The van der Waals surface area contributed by atoms with E-state index < -0.39 is 0 Å². The van der Waals surface area contributed by atoms with Crippen LogP contribution < -0.4 is 0 Å². The molecule has 0 saturated carbocycles. The summed E-state index contributed by atoms with van der Waals surface area (Å²) in [5.41, 5.74) is 3.36. The Morgan fingerprint density at radius 1 is 1.43 bits per heavy atom. The zero-order valence-electron chi connectivity index (χ0n) is 11.7. The normalized spacial score (nSPS) is 24.7. The molecule has 6 heteroatoms. The number of rotatable bonds is 0. The Kier molecular flexibility index (Phi) is 2.63. The maximum absolute atomic E-state index is 12.4. The first kappa shape index (κ1) is 13.1. The second kappa shape index (κ2) is 4.21. The minimum Gasteiger partial charge on any atom is -0.356 e. The van der Waals surface area contributed by atoms with Crippen molar-refractivity contribution in [2.75, 3.05) is 7.05 Å². The number of likely N-dealkylation sites (N-methyl/N-ethyl adjacent to an activating group) is 1. The van der Waals surface area contributed by atoms with Crippen LogP contribution in [0.3, 0.4) is 0 Å². The van der Waals surface area contributed by atoms with Gasteiger partial charge in [0, 0.05) is 35.1 Å². The molecule has 2 atom stereocenters. The zero-order valence-corrected chi connectivity index (χ0v) is 13.3. The lowest BCUT2D eigenvalue weighted by Crippen LogP contribution is -2.42. The summed E-state index contributed by atoms with van der Waals surface area (Å²) >= 11 is 11.5. The average molecular weight is 320 g/mol. The number of nitrogens with zero attached hydrogens (tertiary/aromatic N) is 2.